The Labute approximate surface area is 146 Å². The van der Waals surface area contributed by atoms with Crippen molar-refractivity contribution in [2.45, 2.75) is 18.8 Å². The fourth-order valence-corrected chi connectivity index (χ4v) is 3.00. The second-order valence-electron chi connectivity index (χ2n) is 6.47. The maximum Gasteiger partial charge on any atom is 0.146 e. The van der Waals surface area contributed by atoms with Crippen LogP contribution in [0.2, 0.25) is 0 Å². The van der Waals surface area contributed by atoms with Gasteiger partial charge in [0.1, 0.15) is 29.5 Å². The van der Waals surface area contributed by atoms with E-state index >= 15 is 0 Å². The Morgan fingerprint density at radius 2 is 2.08 bits per heavy atom. The number of fused-ring (bicyclic) bond motifs is 1. The SMILES string of the molecule is C=C(CN(C)C)C(O)c1ncc2c(c1O)COC2c1ccc(F)cc1. The second-order valence-corrected chi connectivity index (χ2v) is 6.47. The number of rotatable bonds is 5. The number of hydrogen-bond donors (Lipinski definition) is 2. The molecule has 0 aliphatic carbocycles. The standard InChI is InChI=1S/C19H21FN2O3/c1-11(9-22(2)3)17(23)16-18(24)15-10-25-19(14(15)8-21-16)12-4-6-13(20)7-5-12/h4-8,17,19,23-24H,1,9-10H2,2-3H3. The van der Waals surface area contributed by atoms with Gasteiger partial charge >= 0.3 is 0 Å². The lowest BCUT2D eigenvalue weighted by Gasteiger charge is -2.19. The molecule has 1 aliphatic heterocycles. The zero-order valence-electron chi connectivity index (χ0n) is 14.2. The lowest BCUT2D eigenvalue weighted by molar-refractivity contribution is 0.0931. The van der Waals surface area contributed by atoms with Crippen molar-refractivity contribution in [3.8, 4) is 5.75 Å². The molecule has 0 radical (unpaired) electrons. The van der Waals surface area contributed by atoms with Crippen molar-refractivity contribution >= 4 is 0 Å². The Hall–Kier alpha value is -2.28. The van der Waals surface area contributed by atoms with E-state index in [1.165, 1.54) is 12.1 Å². The van der Waals surface area contributed by atoms with Crippen molar-refractivity contribution in [1.29, 1.82) is 0 Å². The number of likely N-dealkylation sites (N-methyl/N-ethyl adjacent to an activating group) is 1. The molecular formula is C19H21FN2O3. The highest BCUT2D eigenvalue weighted by Crippen LogP contribution is 2.42. The number of pyridine rings is 1. The monoisotopic (exact) mass is 344 g/mol. The van der Waals surface area contributed by atoms with Gasteiger partial charge in [0, 0.05) is 23.9 Å². The van der Waals surface area contributed by atoms with Crippen LogP contribution in [0.4, 0.5) is 4.39 Å². The number of aliphatic hydroxyl groups is 1. The second kappa shape index (κ2) is 6.92. The summed E-state index contributed by atoms with van der Waals surface area (Å²) in [7, 11) is 3.74. The molecule has 2 N–H and O–H groups in total. The van der Waals surface area contributed by atoms with Crippen LogP contribution in [0.1, 0.15) is 34.6 Å². The lowest BCUT2D eigenvalue weighted by atomic mass is 9.98. The van der Waals surface area contributed by atoms with E-state index in [0.717, 1.165) is 11.1 Å². The zero-order chi connectivity index (χ0) is 18.1. The van der Waals surface area contributed by atoms with Crippen LogP contribution >= 0.6 is 0 Å². The van der Waals surface area contributed by atoms with Crippen LogP contribution in [0.3, 0.4) is 0 Å². The number of hydrogen-bond acceptors (Lipinski definition) is 5. The first-order valence-electron chi connectivity index (χ1n) is 7.96. The van der Waals surface area contributed by atoms with Gasteiger partial charge in [-0.05, 0) is 37.4 Å². The number of ether oxygens (including phenoxy) is 1. The lowest BCUT2D eigenvalue weighted by Crippen LogP contribution is -2.19. The highest BCUT2D eigenvalue weighted by Gasteiger charge is 2.31. The third-order valence-electron chi connectivity index (χ3n) is 4.23. The predicted molar refractivity (Wildman–Crippen MR) is 91.6 cm³/mol. The number of aromatic nitrogens is 1. The van der Waals surface area contributed by atoms with Crippen molar-refractivity contribution in [3.63, 3.8) is 0 Å². The quantitative estimate of drug-likeness (QED) is 0.817. The molecule has 0 bridgehead atoms. The molecule has 0 spiro atoms. The molecule has 25 heavy (non-hydrogen) atoms. The molecule has 0 saturated heterocycles. The molecule has 3 rings (SSSR count). The van der Waals surface area contributed by atoms with E-state index in [9.17, 15) is 14.6 Å². The van der Waals surface area contributed by atoms with Crippen LogP contribution in [0, 0.1) is 5.82 Å². The van der Waals surface area contributed by atoms with Gasteiger partial charge in [0.25, 0.3) is 0 Å². The molecule has 0 saturated carbocycles. The summed E-state index contributed by atoms with van der Waals surface area (Å²) in [5.41, 5.74) is 2.82. The van der Waals surface area contributed by atoms with Crippen molar-refractivity contribution in [2.24, 2.45) is 0 Å². The third-order valence-corrected chi connectivity index (χ3v) is 4.23. The molecule has 1 aromatic carbocycles. The normalized spacial score (nSPS) is 17.6. The summed E-state index contributed by atoms with van der Waals surface area (Å²) in [6, 6.07) is 6.03. The first-order chi connectivity index (χ1) is 11.9. The number of aromatic hydroxyl groups is 1. The summed E-state index contributed by atoms with van der Waals surface area (Å²) in [4.78, 5) is 6.12. The minimum absolute atomic E-state index is 0.0745. The number of aliphatic hydroxyl groups excluding tert-OH is 1. The smallest absolute Gasteiger partial charge is 0.146 e. The minimum atomic E-state index is -1.06. The van der Waals surface area contributed by atoms with Gasteiger partial charge in [0.05, 0.1) is 6.61 Å². The Morgan fingerprint density at radius 3 is 2.72 bits per heavy atom. The largest absolute Gasteiger partial charge is 0.506 e. The van der Waals surface area contributed by atoms with Gasteiger partial charge in [-0.3, -0.25) is 4.98 Å². The Kier molecular flexibility index (Phi) is 4.85. The average molecular weight is 344 g/mol. The van der Waals surface area contributed by atoms with Gasteiger partial charge in [-0.2, -0.15) is 0 Å². The Morgan fingerprint density at radius 1 is 1.40 bits per heavy atom. The van der Waals surface area contributed by atoms with Gasteiger partial charge in [-0.25, -0.2) is 4.39 Å². The van der Waals surface area contributed by atoms with Gasteiger partial charge in [-0.1, -0.05) is 18.7 Å². The first kappa shape index (κ1) is 17.5. The summed E-state index contributed by atoms with van der Waals surface area (Å²) >= 11 is 0. The average Bonchev–Trinajstić information content (AvgIpc) is 2.99. The molecule has 0 fully saturated rings. The number of benzene rings is 1. The zero-order valence-corrected chi connectivity index (χ0v) is 14.2. The topological polar surface area (TPSA) is 65.8 Å². The Bertz CT molecular complexity index is 790. The van der Waals surface area contributed by atoms with Crippen LogP contribution in [0.5, 0.6) is 5.75 Å². The summed E-state index contributed by atoms with van der Waals surface area (Å²) in [6.07, 6.45) is 0.125. The molecular weight excluding hydrogens is 323 g/mol. The highest BCUT2D eigenvalue weighted by molar-refractivity contribution is 5.48. The maximum atomic E-state index is 13.1. The highest BCUT2D eigenvalue weighted by atomic mass is 19.1. The number of halogens is 1. The van der Waals surface area contributed by atoms with Crippen molar-refractivity contribution in [1.82, 2.24) is 9.88 Å². The predicted octanol–water partition coefficient (Wildman–Crippen LogP) is 2.70. The van der Waals surface area contributed by atoms with E-state index in [1.807, 2.05) is 19.0 Å². The summed E-state index contributed by atoms with van der Waals surface area (Å²) < 4.78 is 18.9. The number of nitrogens with zero attached hydrogens (tertiary/aromatic N) is 2. The molecule has 0 amide bonds. The van der Waals surface area contributed by atoms with E-state index in [2.05, 4.69) is 11.6 Å². The van der Waals surface area contributed by atoms with E-state index < -0.39 is 12.2 Å². The molecule has 2 aromatic rings. The van der Waals surface area contributed by atoms with E-state index in [1.54, 1.807) is 18.3 Å². The molecule has 5 nitrogen and oxygen atoms in total. The van der Waals surface area contributed by atoms with Crippen molar-refractivity contribution in [2.75, 3.05) is 20.6 Å². The van der Waals surface area contributed by atoms with E-state index in [-0.39, 0.29) is 23.9 Å². The van der Waals surface area contributed by atoms with Crippen LogP contribution in [0.25, 0.3) is 0 Å². The fourth-order valence-electron chi connectivity index (χ4n) is 3.00. The van der Waals surface area contributed by atoms with Gasteiger partial charge in [0.2, 0.25) is 0 Å². The molecule has 1 aromatic heterocycles. The van der Waals surface area contributed by atoms with Crippen LogP contribution < -0.4 is 0 Å². The van der Waals surface area contributed by atoms with E-state index in [0.29, 0.717) is 17.7 Å². The van der Waals surface area contributed by atoms with E-state index in [4.69, 9.17) is 4.74 Å². The van der Waals surface area contributed by atoms with Crippen molar-refractivity contribution in [3.05, 3.63) is 70.8 Å². The Balaban J connectivity index is 1.91. The van der Waals surface area contributed by atoms with Crippen LogP contribution in [-0.4, -0.2) is 40.7 Å². The fraction of sp³-hybridized carbons (Fsp3) is 0.316. The molecule has 2 atom stereocenters. The van der Waals surface area contributed by atoms with Gasteiger partial charge in [-0.15, -0.1) is 0 Å². The van der Waals surface area contributed by atoms with Crippen LogP contribution in [-0.2, 0) is 11.3 Å². The molecule has 2 heterocycles. The van der Waals surface area contributed by atoms with Gasteiger partial charge < -0.3 is 19.8 Å². The molecule has 2 unspecified atom stereocenters. The maximum absolute atomic E-state index is 13.1. The minimum Gasteiger partial charge on any atom is -0.506 e. The summed E-state index contributed by atoms with van der Waals surface area (Å²) in [5, 5.41) is 21.0. The molecule has 1 aliphatic rings. The summed E-state index contributed by atoms with van der Waals surface area (Å²) in [6.45, 7) is 4.55. The van der Waals surface area contributed by atoms with Crippen LogP contribution in [0.15, 0.2) is 42.6 Å². The van der Waals surface area contributed by atoms with Gasteiger partial charge in [0.15, 0.2) is 0 Å². The van der Waals surface area contributed by atoms with Crippen molar-refractivity contribution < 1.29 is 19.3 Å². The third kappa shape index (κ3) is 3.42. The first-order valence-corrected chi connectivity index (χ1v) is 7.96. The molecule has 132 valence electrons. The summed E-state index contributed by atoms with van der Waals surface area (Å²) in [5.74, 6) is -0.393. The molecule has 6 heteroatoms.